The average molecular weight is 294 g/mol. The standard InChI is InChI=1S/C17H14N2O3/c20-16(11-4-6-12(7-5-11)17(21)22)19-10-13-2-1-3-15-14(13)8-9-18-15/h1-9,18H,10H2,(H,19,20)(H,21,22). The molecule has 0 aliphatic heterocycles. The van der Waals surface area contributed by atoms with Crippen molar-refractivity contribution in [2.45, 2.75) is 6.54 Å². The van der Waals surface area contributed by atoms with Crippen LogP contribution < -0.4 is 5.32 Å². The number of carboxylic acids is 1. The van der Waals surface area contributed by atoms with Gasteiger partial charge in [0.25, 0.3) is 5.91 Å². The first-order valence-corrected chi connectivity index (χ1v) is 6.82. The number of hydrogen-bond donors (Lipinski definition) is 3. The van der Waals surface area contributed by atoms with Crippen molar-refractivity contribution >= 4 is 22.8 Å². The summed E-state index contributed by atoms with van der Waals surface area (Å²) in [6.07, 6.45) is 1.86. The second-order valence-electron chi connectivity index (χ2n) is 4.92. The highest BCUT2D eigenvalue weighted by atomic mass is 16.4. The van der Waals surface area contributed by atoms with E-state index in [1.54, 1.807) is 0 Å². The molecule has 22 heavy (non-hydrogen) atoms. The van der Waals surface area contributed by atoms with Gasteiger partial charge >= 0.3 is 5.97 Å². The van der Waals surface area contributed by atoms with Crippen LogP contribution in [0.1, 0.15) is 26.3 Å². The van der Waals surface area contributed by atoms with Crippen LogP contribution in [0.2, 0.25) is 0 Å². The average Bonchev–Trinajstić information content (AvgIpc) is 3.01. The molecule has 1 aromatic heterocycles. The molecule has 0 atom stereocenters. The second-order valence-corrected chi connectivity index (χ2v) is 4.92. The molecule has 5 heteroatoms. The van der Waals surface area contributed by atoms with Crippen LogP contribution in [0.15, 0.2) is 54.7 Å². The summed E-state index contributed by atoms with van der Waals surface area (Å²) in [6, 6.07) is 13.7. The summed E-state index contributed by atoms with van der Waals surface area (Å²) in [5.74, 6) is -1.24. The van der Waals surface area contributed by atoms with Gasteiger partial charge in [0, 0.05) is 29.2 Å². The van der Waals surface area contributed by atoms with Gasteiger partial charge in [0.05, 0.1) is 5.56 Å². The van der Waals surface area contributed by atoms with E-state index in [1.165, 1.54) is 24.3 Å². The van der Waals surface area contributed by atoms with E-state index >= 15 is 0 Å². The van der Waals surface area contributed by atoms with Crippen LogP contribution in [0.5, 0.6) is 0 Å². The van der Waals surface area contributed by atoms with Gasteiger partial charge in [-0.15, -0.1) is 0 Å². The van der Waals surface area contributed by atoms with Gasteiger partial charge in [-0.2, -0.15) is 0 Å². The molecule has 1 amide bonds. The Kier molecular flexibility index (Phi) is 3.62. The van der Waals surface area contributed by atoms with Gasteiger partial charge in [-0.05, 0) is 42.0 Å². The van der Waals surface area contributed by atoms with Crippen LogP contribution in [0.25, 0.3) is 10.9 Å². The molecule has 0 aliphatic rings. The summed E-state index contributed by atoms with van der Waals surface area (Å²) >= 11 is 0. The summed E-state index contributed by atoms with van der Waals surface area (Å²) in [7, 11) is 0. The Morgan fingerprint density at radius 3 is 2.45 bits per heavy atom. The Balaban J connectivity index is 1.72. The Bertz CT molecular complexity index is 834. The Hall–Kier alpha value is -3.08. The number of fused-ring (bicyclic) bond motifs is 1. The molecule has 0 fully saturated rings. The monoisotopic (exact) mass is 294 g/mol. The van der Waals surface area contributed by atoms with Gasteiger partial charge in [0.1, 0.15) is 0 Å². The third-order valence-corrected chi connectivity index (χ3v) is 3.52. The molecule has 0 saturated heterocycles. The molecule has 3 aromatic rings. The lowest BCUT2D eigenvalue weighted by molar-refractivity contribution is 0.0696. The number of amides is 1. The third kappa shape index (κ3) is 2.69. The zero-order valence-corrected chi connectivity index (χ0v) is 11.7. The number of benzene rings is 2. The highest BCUT2D eigenvalue weighted by Gasteiger charge is 2.08. The van der Waals surface area contributed by atoms with E-state index in [2.05, 4.69) is 10.3 Å². The van der Waals surface area contributed by atoms with E-state index in [4.69, 9.17) is 5.11 Å². The molecule has 0 aliphatic carbocycles. The van der Waals surface area contributed by atoms with Gasteiger partial charge in [-0.1, -0.05) is 12.1 Å². The van der Waals surface area contributed by atoms with Gasteiger partial charge in [-0.25, -0.2) is 4.79 Å². The first-order chi connectivity index (χ1) is 10.6. The number of aromatic nitrogens is 1. The van der Waals surface area contributed by atoms with Gasteiger partial charge in [0.15, 0.2) is 0 Å². The van der Waals surface area contributed by atoms with E-state index in [-0.39, 0.29) is 11.5 Å². The summed E-state index contributed by atoms with van der Waals surface area (Å²) in [5, 5.41) is 12.8. The number of carboxylic acid groups (broad SMARTS) is 1. The Morgan fingerprint density at radius 2 is 1.73 bits per heavy atom. The summed E-state index contributed by atoms with van der Waals surface area (Å²) < 4.78 is 0. The maximum Gasteiger partial charge on any atom is 0.335 e. The zero-order chi connectivity index (χ0) is 15.5. The van der Waals surface area contributed by atoms with Gasteiger partial charge in [-0.3, -0.25) is 4.79 Å². The number of aromatic amines is 1. The molecular formula is C17H14N2O3. The van der Waals surface area contributed by atoms with Crippen molar-refractivity contribution in [3.8, 4) is 0 Å². The summed E-state index contributed by atoms with van der Waals surface area (Å²) in [5.41, 5.74) is 2.65. The van der Waals surface area contributed by atoms with Crippen molar-refractivity contribution in [3.05, 3.63) is 71.4 Å². The van der Waals surface area contributed by atoms with Crippen molar-refractivity contribution in [2.24, 2.45) is 0 Å². The minimum atomic E-state index is -1.01. The molecule has 0 spiro atoms. The van der Waals surface area contributed by atoms with E-state index in [0.717, 1.165) is 16.5 Å². The largest absolute Gasteiger partial charge is 0.478 e. The number of aromatic carboxylic acids is 1. The molecule has 0 unspecified atom stereocenters. The lowest BCUT2D eigenvalue weighted by atomic mass is 10.1. The van der Waals surface area contributed by atoms with Crippen molar-refractivity contribution in [3.63, 3.8) is 0 Å². The van der Waals surface area contributed by atoms with Crippen LogP contribution in [0.4, 0.5) is 0 Å². The van der Waals surface area contributed by atoms with Crippen molar-refractivity contribution < 1.29 is 14.7 Å². The van der Waals surface area contributed by atoms with E-state index < -0.39 is 5.97 Å². The predicted octanol–water partition coefficient (Wildman–Crippen LogP) is 2.80. The van der Waals surface area contributed by atoms with Crippen LogP contribution in [-0.2, 0) is 6.54 Å². The number of rotatable bonds is 4. The molecular weight excluding hydrogens is 280 g/mol. The maximum absolute atomic E-state index is 12.1. The molecule has 110 valence electrons. The quantitative estimate of drug-likeness (QED) is 0.692. The number of hydrogen-bond acceptors (Lipinski definition) is 2. The normalized spacial score (nSPS) is 10.5. The van der Waals surface area contributed by atoms with Crippen LogP contribution in [0.3, 0.4) is 0 Å². The van der Waals surface area contributed by atoms with Crippen molar-refractivity contribution in [2.75, 3.05) is 0 Å². The SMILES string of the molecule is O=C(O)c1ccc(C(=O)NCc2cccc3[nH]ccc23)cc1. The fourth-order valence-corrected chi connectivity index (χ4v) is 2.35. The first kappa shape index (κ1) is 13.9. The number of carbonyl (C=O) groups is 2. The minimum Gasteiger partial charge on any atom is -0.478 e. The molecule has 0 bridgehead atoms. The maximum atomic E-state index is 12.1. The molecule has 0 saturated carbocycles. The molecule has 5 nitrogen and oxygen atoms in total. The van der Waals surface area contributed by atoms with Gasteiger partial charge < -0.3 is 15.4 Å². The highest BCUT2D eigenvalue weighted by molar-refractivity contribution is 5.96. The predicted molar refractivity (Wildman–Crippen MR) is 82.9 cm³/mol. The highest BCUT2D eigenvalue weighted by Crippen LogP contribution is 2.17. The lowest BCUT2D eigenvalue weighted by Gasteiger charge is -2.07. The topological polar surface area (TPSA) is 82.2 Å². The molecule has 1 heterocycles. The molecule has 3 N–H and O–H groups in total. The number of carbonyl (C=O) groups excluding carboxylic acids is 1. The summed E-state index contributed by atoms with van der Waals surface area (Å²) in [6.45, 7) is 0.411. The van der Waals surface area contributed by atoms with Crippen molar-refractivity contribution in [1.82, 2.24) is 10.3 Å². The fourth-order valence-electron chi connectivity index (χ4n) is 2.35. The molecule has 0 radical (unpaired) electrons. The molecule has 3 rings (SSSR count). The van der Waals surface area contributed by atoms with E-state index in [9.17, 15) is 9.59 Å². The van der Waals surface area contributed by atoms with E-state index in [0.29, 0.717) is 12.1 Å². The van der Waals surface area contributed by atoms with Crippen LogP contribution in [-0.4, -0.2) is 22.0 Å². The third-order valence-electron chi connectivity index (χ3n) is 3.52. The smallest absolute Gasteiger partial charge is 0.335 e. The number of nitrogens with one attached hydrogen (secondary N) is 2. The van der Waals surface area contributed by atoms with Crippen molar-refractivity contribution in [1.29, 1.82) is 0 Å². The van der Waals surface area contributed by atoms with Crippen LogP contribution >= 0.6 is 0 Å². The van der Waals surface area contributed by atoms with Crippen LogP contribution in [0, 0.1) is 0 Å². The first-order valence-electron chi connectivity index (χ1n) is 6.82. The summed E-state index contributed by atoms with van der Waals surface area (Å²) in [4.78, 5) is 26.0. The van der Waals surface area contributed by atoms with Gasteiger partial charge in [0.2, 0.25) is 0 Å². The Labute approximate surface area is 126 Å². The lowest BCUT2D eigenvalue weighted by Crippen LogP contribution is -2.22. The molecule has 2 aromatic carbocycles. The number of H-pyrrole nitrogens is 1. The minimum absolute atomic E-state index is 0.161. The Morgan fingerprint density at radius 1 is 1.00 bits per heavy atom. The second kappa shape index (κ2) is 5.73. The zero-order valence-electron chi connectivity index (χ0n) is 11.7. The fraction of sp³-hybridized carbons (Fsp3) is 0.0588. The van der Waals surface area contributed by atoms with E-state index in [1.807, 2.05) is 30.5 Å².